The standard InChI is InChI=1S/C16H35NS2/c1-2-3-4-5-6-7-8-9-10-11-12-17-13-15-19-16-14-18/h17-18H,2-16H2,1H3. The lowest BCUT2D eigenvalue weighted by atomic mass is 10.1. The normalized spacial score (nSPS) is 11.1. The van der Waals surface area contributed by atoms with Crippen molar-refractivity contribution in [2.75, 3.05) is 30.3 Å². The largest absolute Gasteiger partial charge is 0.316 e. The number of hydrogen-bond acceptors (Lipinski definition) is 3. The lowest BCUT2D eigenvalue weighted by Crippen LogP contribution is -2.18. The predicted molar refractivity (Wildman–Crippen MR) is 95.9 cm³/mol. The van der Waals surface area contributed by atoms with E-state index in [1.807, 2.05) is 11.8 Å². The van der Waals surface area contributed by atoms with E-state index >= 15 is 0 Å². The van der Waals surface area contributed by atoms with E-state index < -0.39 is 0 Å². The third-order valence-electron chi connectivity index (χ3n) is 3.37. The van der Waals surface area contributed by atoms with Crippen LogP contribution in [0.5, 0.6) is 0 Å². The summed E-state index contributed by atoms with van der Waals surface area (Å²) in [5.41, 5.74) is 0. The van der Waals surface area contributed by atoms with E-state index in [4.69, 9.17) is 0 Å². The predicted octanol–water partition coefficient (Wildman–Crippen LogP) is 5.16. The SMILES string of the molecule is CCCCCCCCCCCCNCCSCCS. The van der Waals surface area contributed by atoms with Crippen LogP contribution < -0.4 is 5.32 Å². The Kier molecular flexibility index (Phi) is 19.3. The van der Waals surface area contributed by atoms with Crippen molar-refractivity contribution in [2.45, 2.75) is 71.1 Å². The fourth-order valence-electron chi connectivity index (χ4n) is 2.17. The molecule has 0 fully saturated rings. The first-order valence-corrected chi connectivity index (χ1v) is 10.1. The van der Waals surface area contributed by atoms with Gasteiger partial charge in [-0.1, -0.05) is 64.7 Å². The summed E-state index contributed by atoms with van der Waals surface area (Å²) in [6.45, 7) is 4.65. The van der Waals surface area contributed by atoms with Gasteiger partial charge in [0.05, 0.1) is 0 Å². The van der Waals surface area contributed by atoms with E-state index in [1.54, 1.807) is 0 Å². The molecule has 0 bridgehead atoms. The van der Waals surface area contributed by atoms with Gasteiger partial charge in [0.25, 0.3) is 0 Å². The van der Waals surface area contributed by atoms with E-state index in [-0.39, 0.29) is 0 Å². The Labute approximate surface area is 131 Å². The Morgan fingerprint density at radius 1 is 0.737 bits per heavy atom. The molecule has 0 spiro atoms. The molecule has 0 heterocycles. The molecule has 0 aliphatic rings. The van der Waals surface area contributed by atoms with Gasteiger partial charge in [-0.15, -0.1) is 0 Å². The van der Waals surface area contributed by atoms with Crippen molar-refractivity contribution in [1.82, 2.24) is 5.32 Å². The van der Waals surface area contributed by atoms with Crippen molar-refractivity contribution < 1.29 is 0 Å². The zero-order chi connectivity index (χ0) is 14.0. The molecule has 1 nitrogen and oxygen atoms in total. The van der Waals surface area contributed by atoms with Crippen LogP contribution in [0.2, 0.25) is 0 Å². The molecule has 0 aromatic heterocycles. The van der Waals surface area contributed by atoms with E-state index in [1.165, 1.54) is 82.3 Å². The highest BCUT2D eigenvalue weighted by Crippen LogP contribution is 2.10. The minimum atomic E-state index is 1.00. The van der Waals surface area contributed by atoms with Gasteiger partial charge in [0.2, 0.25) is 0 Å². The van der Waals surface area contributed by atoms with E-state index in [0.717, 1.165) is 12.3 Å². The highest BCUT2D eigenvalue weighted by atomic mass is 32.2. The molecule has 1 N–H and O–H groups in total. The molecule has 19 heavy (non-hydrogen) atoms. The summed E-state index contributed by atoms with van der Waals surface area (Å²) >= 11 is 6.20. The second-order valence-electron chi connectivity index (χ2n) is 5.27. The minimum Gasteiger partial charge on any atom is -0.316 e. The van der Waals surface area contributed by atoms with Crippen LogP contribution in [0.3, 0.4) is 0 Å². The van der Waals surface area contributed by atoms with Crippen LogP contribution in [0.25, 0.3) is 0 Å². The topological polar surface area (TPSA) is 12.0 Å². The molecule has 0 radical (unpaired) electrons. The molecule has 0 aromatic rings. The first-order valence-electron chi connectivity index (χ1n) is 8.31. The average molecular weight is 306 g/mol. The molecule has 0 aliphatic heterocycles. The lowest BCUT2D eigenvalue weighted by Gasteiger charge is -2.04. The van der Waals surface area contributed by atoms with Crippen LogP contribution in [0.1, 0.15) is 71.1 Å². The summed E-state index contributed by atoms with van der Waals surface area (Å²) in [6.07, 6.45) is 14.3. The van der Waals surface area contributed by atoms with E-state index in [0.29, 0.717) is 0 Å². The summed E-state index contributed by atoms with van der Waals surface area (Å²) in [7, 11) is 0. The van der Waals surface area contributed by atoms with Gasteiger partial charge in [0.1, 0.15) is 0 Å². The van der Waals surface area contributed by atoms with E-state index in [9.17, 15) is 0 Å². The Morgan fingerprint density at radius 2 is 1.32 bits per heavy atom. The highest BCUT2D eigenvalue weighted by molar-refractivity contribution is 8.00. The molecule has 0 aliphatic carbocycles. The second kappa shape index (κ2) is 18.7. The Hall–Kier alpha value is 0.660. The summed E-state index contributed by atoms with van der Waals surface area (Å²) in [6, 6.07) is 0. The smallest absolute Gasteiger partial charge is 0.00583 e. The minimum absolute atomic E-state index is 1.00. The first kappa shape index (κ1) is 19.7. The summed E-state index contributed by atoms with van der Waals surface area (Å²) in [5, 5.41) is 3.52. The third kappa shape index (κ3) is 18.7. The lowest BCUT2D eigenvalue weighted by molar-refractivity contribution is 0.547. The Morgan fingerprint density at radius 3 is 1.89 bits per heavy atom. The van der Waals surface area contributed by atoms with Crippen LogP contribution in [0.4, 0.5) is 0 Å². The number of thiol groups is 1. The van der Waals surface area contributed by atoms with Gasteiger partial charge in [-0.25, -0.2) is 0 Å². The third-order valence-corrected chi connectivity index (χ3v) is 4.88. The zero-order valence-electron chi connectivity index (χ0n) is 13.0. The number of nitrogens with one attached hydrogen (secondary N) is 1. The molecule has 0 rings (SSSR count). The van der Waals surface area contributed by atoms with Crippen molar-refractivity contribution >= 4 is 24.4 Å². The molecular weight excluding hydrogens is 270 g/mol. The molecule has 0 aromatic carbocycles. The summed E-state index contributed by atoms with van der Waals surface area (Å²) in [4.78, 5) is 0. The molecule has 0 saturated carbocycles. The second-order valence-corrected chi connectivity index (χ2v) is 6.94. The van der Waals surface area contributed by atoms with Crippen molar-refractivity contribution in [3.8, 4) is 0 Å². The van der Waals surface area contributed by atoms with Crippen LogP contribution in [-0.4, -0.2) is 30.3 Å². The van der Waals surface area contributed by atoms with E-state index in [2.05, 4.69) is 24.9 Å². The molecule has 0 amide bonds. The molecule has 0 atom stereocenters. The number of unbranched alkanes of at least 4 members (excludes halogenated alkanes) is 9. The van der Waals surface area contributed by atoms with Gasteiger partial charge in [0.15, 0.2) is 0 Å². The van der Waals surface area contributed by atoms with Gasteiger partial charge in [-0.05, 0) is 18.7 Å². The highest BCUT2D eigenvalue weighted by Gasteiger charge is 1.93. The molecular formula is C16H35NS2. The average Bonchev–Trinajstić information content (AvgIpc) is 2.43. The number of rotatable bonds is 16. The Balaban J connectivity index is 2.88. The van der Waals surface area contributed by atoms with Gasteiger partial charge in [-0.2, -0.15) is 24.4 Å². The maximum Gasteiger partial charge on any atom is 0.00583 e. The van der Waals surface area contributed by atoms with Crippen molar-refractivity contribution in [3.05, 3.63) is 0 Å². The van der Waals surface area contributed by atoms with Crippen molar-refractivity contribution in [2.24, 2.45) is 0 Å². The fraction of sp³-hybridized carbons (Fsp3) is 1.00. The van der Waals surface area contributed by atoms with Gasteiger partial charge >= 0.3 is 0 Å². The number of thioether (sulfide) groups is 1. The first-order chi connectivity index (χ1) is 9.41. The number of hydrogen-bond donors (Lipinski definition) is 2. The fourth-order valence-corrected chi connectivity index (χ4v) is 3.18. The van der Waals surface area contributed by atoms with Gasteiger partial charge in [-0.3, -0.25) is 0 Å². The van der Waals surface area contributed by atoms with Gasteiger partial charge < -0.3 is 5.32 Å². The molecule has 3 heteroatoms. The summed E-state index contributed by atoms with van der Waals surface area (Å²) < 4.78 is 0. The molecule has 116 valence electrons. The quantitative estimate of drug-likeness (QED) is 0.302. The van der Waals surface area contributed by atoms with Gasteiger partial charge in [0, 0.05) is 18.1 Å². The van der Waals surface area contributed by atoms with Crippen LogP contribution >= 0.6 is 24.4 Å². The maximum absolute atomic E-state index is 4.20. The zero-order valence-corrected chi connectivity index (χ0v) is 14.7. The molecule has 0 unspecified atom stereocenters. The van der Waals surface area contributed by atoms with Crippen LogP contribution in [-0.2, 0) is 0 Å². The maximum atomic E-state index is 4.20. The summed E-state index contributed by atoms with van der Waals surface area (Å²) in [5.74, 6) is 3.42. The van der Waals surface area contributed by atoms with Crippen LogP contribution in [0, 0.1) is 0 Å². The Bertz CT molecular complexity index is 138. The van der Waals surface area contributed by atoms with Crippen molar-refractivity contribution in [3.63, 3.8) is 0 Å². The van der Waals surface area contributed by atoms with Crippen molar-refractivity contribution in [1.29, 1.82) is 0 Å². The van der Waals surface area contributed by atoms with Crippen LogP contribution in [0.15, 0.2) is 0 Å². The monoisotopic (exact) mass is 305 g/mol. The molecule has 0 saturated heterocycles.